The van der Waals surface area contributed by atoms with Crippen molar-refractivity contribution in [3.05, 3.63) is 40.7 Å². The lowest BCUT2D eigenvalue weighted by molar-refractivity contribution is 0.470. The van der Waals surface area contributed by atoms with Crippen LogP contribution in [0.3, 0.4) is 0 Å². The Balaban J connectivity index is 2.34. The normalized spacial score (nSPS) is 10.7. The van der Waals surface area contributed by atoms with Crippen LogP contribution >= 0.6 is 11.6 Å². The highest BCUT2D eigenvalue weighted by molar-refractivity contribution is 6.17. The number of hydrogen-bond donors (Lipinski definition) is 0. The van der Waals surface area contributed by atoms with Gasteiger partial charge in [0.1, 0.15) is 11.4 Å². The summed E-state index contributed by atoms with van der Waals surface area (Å²) >= 11 is 5.81. The first-order valence-electron chi connectivity index (χ1n) is 5.86. The lowest BCUT2D eigenvalue weighted by atomic mass is 10.1. The fourth-order valence-corrected chi connectivity index (χ4v) is 2.09. The third kappa shape index (κ3) is 2.36. The minimum Gasteiger partial charge on any atom is -0.453 e. The Hall–Kier alpha value is -1.48. The zero-order valence-electron chi connectivity index (χ0n) is 11.1. The van der Waals surface area contributed by atoms with Gasteiger partial charge >= 0.3 is 0 Å². The third-order valence-corrected chi connectivity index (χ3v) is 3.36. The van der Waals surface area contributed by atoms with Gasteiger partial charge in [0.25, 0.3) is 0 Å². The van der Waals surface area contributed by atoms with Crippen LogP contribution in [-0.2, 0) is 12.9 Å². The maximum atomic E-state index is 5.96. The molecule has 2 rings (SSSR count). The van der Waals surface area contributed by atoms with E-state index in [1.165, 1.54) is 0 Å². The van der Waals surface area contributed by atoms with E-state index in [0.29, 0.717) is 5.88 Å². The standard InChI is InChI=1S/C14H17ClN2O/c1-9-7-12(8-15)5-6-13(9)18-14-10(2)16-17(4)11(14)3/h5-7H,8H2,1-4H3. The second-order valence-corrected chi connectivity index (χ2v) is 4.73. The van der Waals surface area contributed by atoms with E-state index in [-0.39, 0.29) is 0 Å². The Morgan fingerprint density at radius 2 is 2.00 bits per heavy atom. The summed E-state index contributed by atoms with van der Waals surface area (Å²) in [5.41, 5.74) is 4.10. The van der Waals surface area contributed by atoms with Crippen LogP contribution in [0.15, 0.2) is 18.2 Å². The monoisotopic (exact) mass is 264 g/mol. The summed E-state index contributed by atoms with van der Waals surface area (Å²) in [4.78, 5) is 0. The van der Waals surface area contributed by atoms with E-state index in [2.05, 4.69) is 5.10 Å². The lowest BCUT2D eigenvalue weighted by Gasteiger charge is -2.10. The van der Waals surface area contributed by atoms with Crippen LogP contribution in [0.2, 0.25) is 0 Å². The van der Waals surface area contributed by atoms with Crippen LogP contribution in [0.1, 0.15) is 22.5 Å². The number of ether oxygens (including phenoxy) is 1. The van der Waals surface area contributed by atoms with Crippen molar-refractivity contribution in [2.24, 2.45) is 7.05 Å². The van der Waals surface area contributed by atoms with Crippen molar-refractivity contribution in [3.8, 4) is 11.5 Å². The van der Waals surface area contributed by atoms with Crippen LogP contribution in [0, 0.1) is 20.8 Å². The summed E-state index contributed by atoms with van der Waals surface area (Å²) in [7, 11) is 1.92. The quantitative estimate of drug-likeness (QED) is 0.787. The minimum absolute atomic E-state index is 0.520. The van der Waals surface area contributed by atoms with Crippen molar-refractivity contribution in [1.29, 1.82) is 0 Å². The molecule has 0 radical (unpaired) electrons. The molecule has 0 saturated heterocycles. The summed E-state index contributed by atoms with van der Waals surface area (Å²) in [6.07, 6.45) is 0. The van der Waals surface area contributed by atoms with Gasteiger partial charge in [-0.25, -0.2) is 0 Å². The molecule has 0 spiro atoms. The molecule has 0 aliphatic heterocycles. The van der Waals surface area contributed by atoms with Gasteiger partial charge in [-0.1, -0.05) is 12.1 Å². The Labute approximate surface area is 112 Å². The largest absolute Gasteiger partial charge is 0.453 e. The van der Waals surface area contributed by atoms with E-state index >= 15 is 0 Å². The first-order chi connectivity index (χ1) is 8.52. The van der Waals surface area contributed by atoms with Crippen molar-refractivity contribution < 1.29 is 4.74 Å². The minimum atomic E-state index is 0.520. The number of aryl methyl sites for hydroxylation is 3. The SMILES string of the molecule is Cc1cc(CCl)ccc1Oc1c(C)nn(C)c1C. The van der Waals surface area contributed by atoms with Crippen molar-refractivity contribution in [3.63, 3.8) is 0 Å². The molecule has 4 heteroatoms. The molecule has 18 heavy (non-hydrogen) atoms. The van der Waals surface area contributed by atoms with Gasteiger partial charge in [-0.2, -0.15) is 5.10 Å². The molecule has 1 heterocycles. The predicted octanol–water partition coefficient (Wildman–Crippen LogP) is 3.88. The van der Waals surface area contributed by atoms with Crippen molar-refractivity contribution in [2.45, 2.75) is 26.7 Å². The van der Waals surface area contributed by atoms with Crippen LogP contribution in [-0.4, -0.2) is 9.78 Å². The van der Waals surface area contributed by atoms with E-state index < -0.39 is 0 Å². The summed E-state index contributed by atoms with van der Waals surface area (Å²) in [5.74, 6) is 2.20. The van der Waals surface area contributed by atoms with Crippen LogP contribution in [0.25, 0.3) is 0 Å². The molecule has 0 aliphatic carbocycles. The van der Waals surface area contributed by atoms with E-state index in [4.69, 9.17) is 16.3 Å². The zero-order valence-corrected chi connectivity index (χ0v) is 11.9. The number of nitrogens with zero attached hydrogens (tertiary/aromatic N) is 2. The number of aromatic nitrogens is 2. The van der Waals surface area contributed by atoms with Gasteiger partial charge in [0.2, 0.25) is 0 Å². The summed E-state index contributed by atoms with van der Waals surface area (Å²) < 4.78 is 7.79. The van der Waals surface area contributed by atoms with Gasteiger partial charge in [-0.15, -0.1) is 11.6 Å². The van der Waals surface area contributed by atoms with Crippen LogP contribution in [0.5, 0.6) is 11.5 Å². The van der Waals surface area contributed by atoms with Gasteiger partial charge in [0, 0.05) is 12.9 Å². The van der Waals surface area contributed by atoms with E-state index in [9.17, 15) is 0 Å². The lowest BCUT2D eigenvalue weighted by Crippen LogP contribution is -1.94. The molecule has 1 aromatic heterocycles. The molecule has 2 aromatic rings. The average Bonchev–Trinajstić information content (AvgIpc) is 2.58. The average molecular weight is 265 g/mol. The highest BCUT2D eigenvalue weighted by Gasteiger charge is 2.12. The Kier molecular flexibility index (Phi) is 3.62. The molecule has 1 aromatic carbocycles. The molecular weight excluding hydrogens is 248 g/mol. The van der Waals surface area contributed by atoms with Gasteiger partial charge < -0.3 is 4.74 Å². The molecule has 0 atom stereocenters. The smallest absolute Gasteiger partial charge is 0.171 e. The molecule has 0 aliphatic rings. The highest BCUT2D eigenvalue weighted by atomic mass is 35.5. The molecule has 3 nitrogen and oxygen atoms in total. The van der Waals surface area contributed by atoms with E-state index in [1.807, 2.05) is 50.7 Å². The number of rotatable bonds is 3. The highest BCUT2D eigenvalue weighted by Crippen LogP contribution is 2.30. The fraction of sp³-hybridized carbons (Fsp3) is 0.357. The van der Waals surface area contributed by atoms with Crippen molar-refractivity contribution >= 4 is 11.6 Å². The molecule has 0 saturated carbocycles. The van der Waals surface area contributed by atoms with E-state index in [0.717, 1.165) is 34.0 Å². The van der Waals surface area contributed by atoms with Gasteiger partial charge in [-0.05, 0) is 38.0 Å². The Morgan fingerprint density at radius 3 is 2.50 bits per heavy atom. The summed E-state index contributed by atoms with van der Waals surface area (Å²) in [6.45, 7) is 5.97. The van der Waals surface area contributed by atoms with E-state index in [1.54, 1.807) is 0 Å². The molecule has 0 amide bonds. The molecule has 96 valence electrons. The summed E-state index contributed by atoms with van der Waals surface area (Å²) in [6, 6.07) is 5.98. The van der Waals surface area contributed by atoms with Gasteiger partial charge in [0.15, 0.2) is 5.75 Å². The Morgan fingerprint density at radius 1 is 1.28 bits per heavy atom. The number of benzene rings is 1. The summed E-state index contributed by atoms with van der Waals surface area (Å²) in [5, 5.41) is 4.34. The second-order valence-electron chi connectivity index (χ2n) is 4.46. The van der Waals surface area contributed by atoms with Crippen molar-refractivity contribution in [1.82, 2.24) is 9.78 Å². The van der Waals surface area contributed by atoms with Gasteiger partial charge in [-0.3, -0.25) is 4.68 Å². The first-order valence-corrected chi connectivity index (χ1v) is 6.40. The third-order valence-electron chi connectivity index (χ3n) is 3.05. The first kappa shape index (κ1) is 13.0. The fourth-order valence-electron chi connectivity index (χ4n) is 1.92. The van der Waals surface area contributed by atoms with Crippen LogP contribution in [0.4, 0.5) is 0 Å². The topological polar surface area (TPSA) is 27.1 Å². The zero-order chi connectivity index (χ0) is 13.3. The van der Waals surface area contributed by atoms with Crippen LogP contribution < -0.4 is 4.74 Å². The number of alkyl halides is 1. The molecule has 0 N–H and O–H groups in total. The molecule has 0 fully saturated rings. The predicted molar refractivity (Wildman–Crippen MR) is 73.5 cm³/mol. The maximum Gasteiger partial charge on any atom is 0.171 e. The molecule has 0 unspecified atom stereocenters. The number of hydrogen-bond acceptors (Lipinski definition) is 2. The van der Waals surface area contributed by atoms with Gasteiger partial charge in [0.05, 0.1) is 5.69 Å². The molecule has 0 bridgehead atoms. The van der Waals surface area contributed by atoms with Crippen molar-refractivity contribution in [2.75, 3.05) is 0 Å². The number of halogens is 1. The second kappa shape index (κ2) is 5.02. The maximum absolute atomic E-state index is 5.96. The molecular formula is C14H17ClN2O. The Bertz CT molecular complexity index is 575.